The van der Waals surface area contributed by atoms with Crippen LogP contribution in [-0.2, 0) is 0 Å². The van der Waals surface area contributed by atoms with Crippen molar-refractivity contribution in [2.75, 3.05) is 4.90 Å². The smallest absolute Gasteiger partial charge is 0.136 e. The molecule has 0 aliphatic carbocycles. The third kappa shape index (κ3) is 4.51. The normalized spacial score (nSPS) is 11.5. The fourth-order valence-electron chi connectivity index (χ4n) is 6.75. The molecule has 1 heterocycles. The number of para-hydroxylation sites is 1. The SMILES string of the molecule is c1ccc(N(c2ccc(-c3ccc4ccccc4c3)cc2)c2ccc3oc4cccc(-c5ccc6ccccc6c5)c4c3c2)cc1. The van der Waals surface area contributed by atoms with Crippen LogP contribution in [0, 0.1) is 0 Å². The Morgan fingerprint density at radius 1 is 0.348 bits per heavy atom. The summed E-state index contributed by atoms with van der Waals surface area (Å²) in [6.45, 7) is 0. The lowest BCUT2D eigenvalue weighted by atomic mass is 9.97. The third-order valence-corrected chi connectivity index (χ3v) is 9.02. The van der Waals surface area contributed by atoms with Gasteiger partial charge in [0, 0.05) is 27.8 Å². The average molecular weight is 588 g/mol. The molecule has 0 fully saturated rings. The topological polar surface area (TPSA) is 16.4 Å². The molecule has 1 aromatic heterocycles. The zero-order valence-electron chi connectivity index (χ0n) is 25.1. The van der Waals surface area contributed by atoms with E-state index in [0.717, 1.165) is 39.0 Å². The maximum absolute atomic E-state index is 6.42. The molecule has 9 rings (SSSR count). The van der Waals surface area contributed by atoms with Gasteiger partial charge in [-0.15, -0.1) is 0 Å². The minimum absolute atomic E-state index is 0.881. The lowest BCUT2D eigenvalue weighted by molar-refractivity contribution is 0.669. The summed E-state index contributed by atoms with van der Waals surface area (Å²) < 4.78 is 6.42. The summed E-state index contributed by atoms with van der Waals surface area (Å²) in [5.41, 5.74) is 9.80. The van der Waals surface area contributed by atoms with Crippen molar-refractivity contribution in [3.05, 3.63) is 176 Å². The van der Waals surface area contributed by atoms with Crippen molar-refractivity contribution in [1.29, 1.82) is 0 Å². The van der Waals surface area contributed by atoms with Crippen molar-refractivity contribution in [1.82, 2.24) is 0 Å². The van der Waals surface area contributed by atoms with E-state index in [-0.39, 0.29) is 0 Å². The summed E-state index contributed by atoms with van der Waals surface area (Å²) in [5, 5.41) is 7.21. The highest BCUT2D eigenvalue weighted by Crippen LogP contribution is 2.42. The highest BCUT2D eigenvalue weighted by molar-refractivity contribution is 6.14. The minimum atomic E-state index is 0.881. The van der Waals surface area contributed by atoms with E-state index in [2.05, 4.69) is 181 Å². The van der Waals surface area contributed by atoms with Crippen LogP contribution in [-0.4, -0.2) is 0 Å². The van der Waals surface area contributed by atoms with E-state index in [0.29, 0.717) is 0 Å². The Hall–Kier alpha value is -6.12. The van der Waals surface area contributed by atoms with Crippen LogP contribution in [0.5, 0.6) is 0 Å². The Labute approximate surface area is 267 Å². The molecule has 2 heteroatoms. The molecule has 0 saturated carbocycles. The number of benzene rings is 8. The van der Waals surface area contributed by atoms with E-state index in [1.807, 2.05) is 0 Å². The molecule has 0 N–H and O–H groups in total. The van der Waals surface area contributed by atoms with Crippen LogP contribution in [0.25, 0.3) is 65.7 Å². The zero-order valence-corrected chi connectivity index (χ0v) is 25.1. The van der Waals surface area contributed by atoms with Crippen molar-refractivity contribution in [2.45, 2.75) is 0 Å². The second-order valence-corrected chi connectivity index (χ2v) is 11.8. The molecule has 216 valence electrons. The van der Waals surface area contributed by atoms with Gasteiger partial charge in [0.25, 0.3) is 0 Å². The third-order valence-electron chi connectivity index (χ3n) is 9.02. The standard InChI is InChI=1S/C44H29NO/c1-2-13-37(14-3-1)45(38-23-21-32(22-24-38)35-19-17-30-9-4-6-11-33(30)27-35)39-25-26-42-41(29-39)44-40(15-8-16-43(44)46-42)36-20-18-31-10-5-7-12-34(31)28-36/h1-29H. The lowest BCUT2D eigenvalue weighted by Crippen LogP contribution is -2.09. The minimum Gasteiger partial charge on any atom is -0.456 e. The second kappa shape index (κ2) is 10.8. The first kappa shape index (κ1) is 26.3. The van der Waals surface area contributed by atoms with Crippen LogP contribution in [0.15, 0.2) is 180 Å². The number of furan rings is 1. The monoisotopic (exact) mass is 587 g/mol. The lowest BCUT2D eigenvalue weighted by Gasteiger charge is -2.25. The van der Waals surface area contributed by atoms with Crippen molar-refractivity contribution >= 4 is 60.5 Å². The Kier molecular flexibility index (Phi) is 6.17. The molecule has 0 atom stereocenters. The Morgan fingerprint density at radius 3 is 1.67 bits per heavy atom. The van der Waals surface area contributed by atoms with Gasteiger partial charge in [-0.1, -0.05) is 115 Å². The fraction of sp³-hybridized carbons (Fsp3) is 0. The quantitative estimate of drug-likeness (QED) is 0.199. The molecule has 0 unspecified atom stereocenters. The number of anilines is 3. The van der Waals surface area contributed by atoms with Gasteiger partial charge in [-0.2, -0.15) is 0 Å². The van der Waals surface area contributed by atoms with Crippen LogP contribution in [0.3, 0.4) is 0 Å². The molecular formula is C44H29NO. The first-order valence-corrected chi connectivity index (χ1v) is 15.7. The molecular weight excluding hydrogens is 558 g/mol. The molecule has 0 radical (unpaired) electrons. The summed E-state index contributed by atoms with van der Waals surface area (Å²) in [5.74, 6) is 0. The molecule has 0 aliphatic heterocycles. The Balaban J connectivity index is 1.17. The Morgan fingerprint density at radius 2 is 0.935 bits per heavy atom. The van der Waals surface area contributed by atoms with E-state index < -0.39 is 0 Å². The largest absolute Gasteiger partial charge is 0.456 e. The molecule has 0 amide bonds. The predicted molar refractivity (Wildman–Crippen MR) is 194 cm³/mol. The Bertz CT molecular complexity index is 2530. The molecule has 0 spiro atoms. The van der Waals surface area contributed by atoms with Crippen molar-refractivity contribution in [3.63, 3.8) is 0 Å². The number of nitrogens with zero attached hydrogens (tertiary/aromatic N) is 1. The molecule has 0 aliphatic rings. The average Bonchev–Trinajstić information content (AvgIpc) is 3.50. The molecule has 0 saturated heterocycles. The molecule has 8 aromatic carbocycles. The first-order valence-electron chi connectivity index (χ1n) is 15.7. The van der Waals surface area contributed by atoms with Crippen molar-refractivity contribution in [3.8, 4) is 22.3 Å². The maximum atomic E-state index is 6.42. The van der Waals surface area contributed by atoms with E-state index in [1.165, 1.54) is 43.8 Å². The van der Waals surface area contributed by atoms with Crippen molar-refractivity contribution < 1.29 is 4.42 Å². The van der Waals surface area contributed by atoms with Gasteiger partial charge >= 0.3 is 0 Å². The fourth-order valence-corrected chi connectivity index (χ4v) is 6.75. The summed E-state index contributed by atoms with van der Waals surface area (Å²) in [7, 11) is 0. The molecule has 2 nitrogen and oxygen atoms in total. The van der Waals surface area contributed by atoms with Crippen LogP contribution >= 0.6 is 0 Å². The van der Waals surface area contributed by atoms with Crippen LogP contribution in [0.1, 0.15) is 0 Å². The van der Waals surface area contributed by atoms with E-state index >= 15 is 0 Å². The van der Waals surface area contributed by atoms with Gasteiger partial charge in [-0.05, 0) is 104 Å². The number of hydrogen-bond acceptors (Lipinski definition) is 2. The van der Waals surface area contributed by atoms with Crippen LogP contribution < -0.4 is 4.90 Å². The number of rotatable bonds is 5. The highest BCUT2D eigenvalue weighted by Gasteiger charge is 2.18. The molecule has 46 heavy (non-hydrogen) atoms. The first-order chi connectivity index (χ1) is 22.8. The van der Waals surface area contributed by atoms with Gasteiger partial charge in [0.15, 0.2) is 0 Å². The van der Waals surface area contributed by atoms with E-state index in [9.17, 15) is 0 Å². The molecule has 9 aromatic rings. The van der Waals surface area contributed by atoms with E-state index in [1.54, 1.807) is 0 Å². The summed E-state index contributed by atoms with van der Waals surface area (Å²) in [6, 6.07) is 62.7. The summed E-state index contributed by atoms with van der Waals surface area (Å²) in [4.78, 5) is 2.32. The zero-order chi connectivity index (χ0) is 30.5. The van der Waals surface area contributed by atoms with Gasteiger partial charge in [0.1, 0.15) is 11.2 Å². The predicted octanol–water partition coefficient (Wildman–Crippen LogP) is 12.7. The second-order valence-electron chi connectivity index (χ2n) is 11.8. The van der Waals surface area contributed by atoms with Gasteiger partial charge < -0.3 is 9.32 Å². The summed E-state index contributed by atoms with van der Waals surface area (Å²) in [6.07, 6.45) is 0. The van der Waals surface area contributed by atoms with Gasteiger partial charge in [0.2, 0.25) is 0 Å². The summed E-state index contributed by atoms with van der Waals surface area (Å²) >= 11 is 0. The van der Waals surface area contributed by atoms with Crippen LogP contribution in [0.4, 0.5) is 17.1 Å². The van der Waals surface area contributed by atoms with Gasteiger partial charge in [0.05, 0.1) is 0 Å². The van der Waals surface area contributed by atoms with Gasteiger partial charge in [-0.3, -0.25) is 0 Å². The highest BCUT2D eigenvalue weighted by atomic mass is 16.3. The van der Waals surface area contributed by atoms with Crippen molar-refractivity contribution in [2.24, 2.45) is 0 Å². The molecule has 0 bridgehead atoms. The maximum Gasteiger partial charge on any atom is 0.136 e. The van der Waals surface area contributed by atoms with Crippen LogP contribution in [0.2, 0.25) is 0 Å². The number of fused-ring (bicyclic) bond motifs is 5. The van der Waals surface area contributed by atoms with E-state index in [4.69, 9.17) is 4.42 Å². The van der Waals surface area contributed by atoms with Gasteiger partial charge in [-0.25, -0.2) is 0 Å². The number of hydrogen-bond donors (Lipinski definition) is 0.